The molecule has 0 aliphatic rings. The lowest BCUT2D eigenvalue weighted by Gasteiger charge is -2.18. The van der Waals surface area contributed by atoms with Crippen molar-refractivity contribution in [2.45, 2.75) is 19.2 Å². The topological polar surface area (TPSA) is 50.7 Å². The van der Waals surface area contributed by atoms with Crippen molar-refractivity contribution in [3.63, 3.8) is 0 Å². The fourth-order valence-electron chi connectivity index (χ4n) is 1.82. The van der Waals surface area contributed by atoms with Gasteiger partial charge < -0.3 is 19.9 Å². The molecule has 2 atom stereocenters. The lowest BCUT2D eigenvalue weighted by molar-refractivity contribution is 0.177. The number of ether oxygens (including phenoxy) is 2. The molecule has 0 spiro atoms. The van der Waals surface area contributed by atoms with Gasteiger partial charge in [-0.2, -0.15) is 0 Å². The van der Waals surface area contributed by atoms with Gasteiger partial charge in [-0.15, -0.1) is 0 Å². The highest BCUT2D eigenvalue weighted by Crippen LogP contribution is 2.38. The smallest absolute Gasteiger partial charge is 0.166 e. The largest absolute Gasteiger partial charge is 0.493 e. The van der Waals surface area contributed by atoms with Crippen LogP contribution in [0.2, 0.25) is 0 Å². The predicted octanol–water partition coefficient (Wildman–Crippen LogP) is 1.99. The van der Waals surface area contributed by atoms with Crippen LogP contribution in [0.1, 0.15) is 30.3 Å². The first-order valence-corrected chi connectivity index (χ1v) is 5.77. The van der Waals surface area contributed by atoms with E-state index in [-0.39, 0.29) is 0 Å². The molecule has 0 heterocycles. The molecule has 102 valence electrons. The summed E-state index contributed by atoms with van der Waals surface area (Å²) in [6.45, 7) is 1.81. The number of nitrogens with one attached hydrogen (secondary N) is 1. The van der Waals surface area contributed by atoms with Gasteiger partial charge in [-0.25, -0.2) is 4.39 Å². The molecule has 1 aromatic carbocycles. The molecule has 0 saturated carbocycles. The summed E-state index contributed by atoms with van der Waals surface area (Å²) in [6, 6.07) is 3.26. The van der Waals surface area contributed by atoms with Crippen molar-refractivity contribution < 1.29 is 19.0 Å². The van der Waals surface area contributed by atoms with E-state index in [2.05, 4.69) is 5.32 Å². The highest BCUT2D eigenvalue weighted by Gasteiger charge is 2.19. The van der Waals surface area contributed by atoms with E-state index in [0.29, 0.717) is 29.2 Å². The average molecular weight is 257 g/mol. The first-order valence-electron chi connectivity index (χ1n) is 5.77. The number of alkyl halides is 1. The molecule has 2 unspecified atom stereocenters. The number of aliphatic hydroxyl groups is 1. The normalized spacial score (nSPS) is 14.1. The van der Waals surface area contributed by atoms with E-state index in [1.807, 2.05) is 0 Å². The van der Waals surface area contributed by atoms with Crippen molar-refractivity contribution in [3.8, 4) is 11.5 Å². The van der Waals surface area contributed by atoms with Crippen LogP contribution < -0.4 is 14.8 Å². The number of hydrogen-bond acceptors (Lipinski definition) is 4. The number of likely N-dealkylation sites (N-methyl/N-ethyl adjacent to an activating group) is 1. The zero-order chi connectivity index (χ0) is 13.7. The standard InChI is InChI=1S/C13H20FNO3/c1-8(14)10-5-9(11(16)7-15-2)6-12(17-3)13(10)18-4/h5-6,8,11,15-16H,7H2,1-4H3. The Morgan fingerprint density at radius 3 is 2.44 bits per heavy atom. The Bertz CT molecular complexity index is 396. The first kappa shape index (κ1) is 14.7. The van der Waals surface area contributed by atoms with Gasteiger partial charge in [0.2, 0.25) is 0 Å². The summed E-state index contributed by atoms with van der Waals surface area (Å²) < 4.78 is 23.9. The minimum absolute atomic E-state index is 0.368. The number of aliphatic hydroxyl groups excluding tert-OH is 1. The lowest BCUT2D eigenvalue weighted by Crippen LogP contribution is -2.17. The van der Waals surface area contributed by atoms with Gasteiger partial charge in [-0.1, -0.05) is 0 Å². The second kappa shape index (κ2) is 6.56. The number of hydrogen-bond donors (Lipinski definition) is 2. The van der Waals surface area contributed by atoms with Crippen LogP contribution in [-0.2, 0) is 0 Å². The molecule has 0 fully saturated rings. The third kappa shape index (κ3) is 3.11. The van der Waals surface area contributed by atoms with Gasteiger partial charge >= 0.3 is 0 Å². The van der Waals surface area contributed by atoms with Crippen molar-refractivity contribution in [1.82, 2.24) is 5.32 Å². The van der Waals surface area contributed by atoms with Gasteiger partial charge in [0.1, 0.15) is 6.17 Å². The number of rotatable bonds is 6. The third-order valence-corrected chi connectivity index (χ3v) is 2.74. The molecule has 0 radical (unpaired) electrons. The van der Waals surface area contributed by atoms with E-state index >= 15 is 0 Å². The Morgan fingerprint density at radius 1 is 1.33 bits per heavy atom. The zero-order valence-corrected chi connectivity index (χ0v) is 11.2. The summed E-state index contributed by atoms with van der Waals surface area (Å²) in [4.78, 5) is 0. The van der Waals surface area contributed by atoms with Crippen molar-refractivity contribution in [3.05, 3.63) is 23.3 Å². The maximum absolute atomic E-state index is 13.6. The lowest BCUT2D eigenvalue weighted by atomic mass is 10.0. The van der Waals surface area contributed by atoms with E-state index in [9.17, 15) is 9.50 Å². The number of benzene rings is 1. The van der Waals surface area contributed by atoms with E-state index < -0.39 is 12.3 Å². The molecule has 0 aliphatic heterocycles. The highest BCUT2D eigenvalue weighted by atomic mass is 19.1. The molecule has 5 heteroatoms. The molecule has 0 aliphatic carbocycles. The molecule has 1 aromatic rings. The Morgan fingerprint density at radius 2 is 2.00 bits per heavy atom. The molecule has 18 heavy (non-hydrogen) atoms. The highest BCUT2D eigenvalue weighted by molar-refractivity contribution is 5.51. The Hall–Kier alpha value is -1.33. The van der Waals surface area contributed by atoms with Crippen LogP contribution in [0.4, 0.5) is 4.39 Å². The first-order chi connectivity index (χ1) is 8.54. The van der Waals surface area contributed by atoms with Crippen molar-refractivity contribution in [2.75, 3.05) is 27.8 Å². The van der Waals surface area contributed by atoms with E-state index in [1.165, 1.54) is 21.1 Å². The van der Waals surface area contributed by atoms with Crippen molar-refractivity contribution in [1.29, 1.82) is 0 Å². The Balaban J connectivity index is 3.27. The molecule has 0 bridgehead atoms. The zero-order valence-electron chi connectivity index (χ0n) is 11.2. The van der Waals surface area contributed by atoms with Crippen LogP contribution in [0.15, 0.2) is 12.1 Å². The van der Waals surface area contributed by atoms with Crippen molar-refractivity contribution in [2.24, 2.45) is 0 Å². The number of halogens is 1. The van der Waals surface area contributed by atoms with Crippen LogP contribution in [0.3, 0.4) is 0 Å². The van der Waals surface area contributed by atoms with E-state index in [0.717, 1.165) is 0 Å². The van der Waals surface area contributed by atoms with Gasteiger partial charge in [-0.3, -0.25) is 0 Å². The summed E-state index contributed by atoms with van der Waals surface area (Å²) in [5, 5.41) is 12.8. The molecule has 0 aromatic heterocycles. The second-order valence-corrected chi connectivity index (χ2v) is 4.04. The van der Waals surface area contributed by atoms with Crippen LogP contribution in [0.5, 0.6) is 11.5 Å². The maximum atomic E-state index is 13.6. The van der Waals surface area contributed by atoms with E-state index in [4.69, 9.17) is 9.47 Å². The molecular weight excluding hydrogens is 237 g/mol. The minimum atomic E-state index is -1.20. The SMILES string of the molecule is CNCC(O)c1cc(OC)c(OC)c(C(C)F)c1. The molecular formula is C13H20FNO3. The summed E-state index contributed by atoms with van der Waals surface area (Å²) >= 11 is 0. The fraction of sp³-hybridized carbons (Fsp3) is 0.538. The van der Waals surface area contributed by atoms with Crippen molar-refractivity contribution >= 4 is 0 Å². The Kier molecular flexibility index (Phi) is 5.37. The maximum Gasteiger partial charge on any atom is 0.166 e. The summed E-state index contributed by atoms with van der Waals surface area (Å²) in [7, 11) is 4.69. The molecule has 2 N–H and O–H groups in total. The molecule has 1 rings (SSSR count). The molecule has 0 amide bonds. The monoisotopic (exact) mass is 257 g/mol. The van der Waals surface area contributed by atoms with Crippen LogP contribution in [-0.4, -0.2) is 32.9 Å². The van der Waals surface area contributed by atoms with Gasteiger partial charge in [0.25, 0.3) is 0 Å². The van der Waals surface area contributed by atoms with Gasteiger partial charge in [0.05, 0.1) is 20.3 Å². The summed E-state index contributed by atoms with van der Waals surface area (Å²) in [5.74, 6) is 0.789. The molecule has 0 saturated heterocycles. The molecule has 4 nitrogen and oxygen atoms in total. The fourth-order valence-corrected chi connectivity index (χ4v) is 1.82. The quantitative estimate of drug-likeness (QED) is 0.818. The minimum Gasteiger partial charge on any atom is -0.493 e. The predicted molar refractivity (Wildman–Crippen MR) is 68.0 cm³/mol. The summed E-state index contributed by atoms with van der Waals surface area (Å²) in [5.41, 5.74) is 0.975. The van der Waals surface area contributed by atoms with Gasteiger partial charge in [0, 0.05) is 12.1 Å². The van der Waals surface area contributed by atoms with Crippen LogP contribution in [0.25, 0.3) is 0 Å². The summed E-state index contributed by atoms with van der Waals surface area (Å²) in [6.07, 6.45) is -1.91. The third-order valence-electron chi connectivity index (χ3n) is 2.74. The van der Waals surface area contributed by atoms with Gasteiger partial charge in [0.15, 0.2) is 11.5 Å². The number of methoxy groups -OCH3 is 2. The van der Waals surface area contributed by atoms with Crippen LogP contribution >= 0.6 is 0 Å². The van der Waals surface area contributed by atoms with E-state index in [1.54, 1.807) is 19.2 Å². The van der Waals surface area contributed by atoms with Crippen LogP contribution in [0, 0.1) is 0 Å². The second-order valence-electron chi connectivity index (χ2n) is 4.04. The average Bonchev–Trinajstić information content (AvgIpc) is 2.37. The Labute approximate surface area is 107 Å². The van der Waals surface area contributed by atoms with Gasteiger partial charge in [-0.05, 0) is 31.7 Å².